The topological polar surface area (TPSA) is 72.9 Å². The summed E-state index contributed by atoms with van der Waals surface area (Å²) in [6, 6.07) is 6.66. The predicted molar refractivity (Wildman–Crippen MR) is 155 cm³/mol. The molecule has 2 aromatic rings. The number of thioether (sulfide) groups is 2. The van der Waals surface area contributed by atoms with Crippen LogP contribution in [0.25, 0.3) is 0 Å². The normalized spacial score (nSPS) is 18.5. The summed E-state index contributed by atoms with van der Waals surface area (Å²) in [5.74, 6) is -12.3. The number of carbonyl (C=O) groups is 3. The molecule has 0 saturated carbocycles. The summed E-state index contributed by atoms with van der Waals surface area (Å²) in [4.78, 5) is 40.5. The van der Waals surface area contributed by atoms with Crippen LogP contribution >= 0.6 is 71.0 Å². The van der Waals surface area contributed by atoms with E-state index in [1.165, 1.54) is 11.8 Å². The van der Waals surface area contributed by atoms with Gasteiger partial charge in [0.05, 0.1) is 10.1 Å². The van der Waals surface area contributed by atoms with Crippen LogP contribution in [0.5, 0.6) is 5.75 Å². The Kier molecular flexibility index (Phi) is 11.5. The van der Waals surface area contributed by atoms with Gasteiger partial charge in [0.15, 0.2) is 17.7 Å². The maximum atomic E-state index is 14.4. The molecule has 224 valence electrons. The fourth-order valence-electron chi connectivity index (χ4n) is 3.77. The van der Waals surface area contributed by atoms with E-state index in [9.17, 15) is 31.9 Å². The third-order valence-corrected chi connectivity index (χ3v) is 9.35. The molecule has 6 nitrogen and oxygen atoms in total. The molecule has 1 heterocycles. The molecular formula is C25H22Cl3F4NO5S3. The molecule has 1 fully saturated rings. The van der Waals surface area contributed by atoms with Gasteiger partial charge in [0.25, 0.3) is 0 Å². The van der Waals surface area contributed by atoms with Gasteiger partial charge in [-0.05, 0) is 19.4 Å². The molecule has 0 aromatic heterocycles. The first-order valence-corrected chi connectivity index (χ1v) is 15.3. The minimum Gasteiger partial charge on any atom is -0.460 e. The number of nitrogens with zero attached hydrogens (tertiary/aromatic N) is 1. The third kappa shape index (κ3) is 8.54. The van der Waals surface area contributed by atoms with Gasteiger partial charge in [-0.3, -0.25) is 9.59 Å². The zero-order valence-electron chi connectivity index (χ0n) is 21.2. The Morgan fingerprint density at radius 3 is 2.27 bits per heavy atom. The summed E-state index contributed by atoms with van der Waals surface area (Å²) >= 11 is 23.5. The number of thiol groups is 1. The van der Waals surface area contributed by atoms with E-state index in [0.717, 1.165) is 16.7 Å². The van der Waals surface area contributed by atoms with Crippen molar-refractivity contribution < 1.29 is 41.4 Å². The van der Waals surface area contributed by atoms with Crippen molar-refractivity contribution in [2.24, 2.45) is 0 Å². The van der Waals surface area contributed by atoms with Crippen LogP contribution in [0.1, 0.15) is 19.4 Å². The summed E-state index contributed by atoms with van der Waals surface area (Å²) in [5.41, 5.74) is 0.656. The van der Waals surface area contributed by atoms with Gasteiger partial charge in [0.1, 0.15) is 11.9 Å². The Hall–Kier alpha value is -1.51. The number of hydrogen-bond donors (Lipinski definition) is 1. The van der Waals surface area contributed by atoms with Gasteiger partial charge >= 0.3 is 11.9 Å². The summed E-state index contributed by atoms with van der Waals surface area (Å²) in [6.07, 6.45) is 0. The maximum absolute atomic E-state index is 14.4. The van der Waals surface area contributed by atoms with Crippen LogP contribution < -0.4 is 4.74 Å². The molecule has 0 bridgehead atoms. The van der Waals surface area contributed by atoms with Crippen LogP contribution in [0.15, 0.2) is 36.4 Å². The zero-order chi connectivity index (χ0) is 30.7. The zero-order valence-corrected chi connectivity index (χ0v) is 26.0. The number of carbonyl (C=O) groups excluding carboxylic acids is 3. The molecule has 1 aliphatic heterocycles. The average Bonchev–Trinajstić information content (AvgIpc) is 2.90. The predicted octanol–water partition coefficient (Wildman–Crippen LogP) is 6.34. The number of esters is 2. The standard InChI is InChI=1S/C25H22Cl3F4NO5S3/c1-24(2)33(21(34)15(39)10-41-24)18(22(35)37-11-25(26,27)28)20(40-9-12-6-4-3-5-7-12)23(36)38-19-16(31)13(29)8-14(30)17(19)32/h3-8,15,18,20,39H,9-11H2,1-2H3/t15?,18?,20-/m0/s1. The first kappa shape index (κ1) is 34.0. The Bertz CT molecular complexity index is 1280. The van der Waals surface area contributed by atoms with E-state index in [2.05, 4.69) is 12.6 Å². The monoisotopic (exact) mass is 693 g/mol. The summed E-state index contributed by atoms with van der Waals surface area (Å²) in [6.45, 7) is 2.41. The van der Waals surface area contributed by atoms with E-state index in [4.69, 9.17) is 44.3 Å². The molecule has 0 radical (unpaired) electrons. The molecule has 3 rings (SSSR count). The van der Waals surface area contributed by atoms with Crippen LogP contribution in [0.4, 0.5) is 17.6 Å². The number of halogens is 7. The largest absolute Gasteiger partial charge is 0.460 e. The molecule has 1 saturated heterocycles. The third-order valence-electron chi connectivity index (χ3n) is 5.66. The van der Waals surface area contributed by atoms with Crippen molar-refractivity contribution in [2.45, 2.75) is 44.8 Å². The lowest BCUT2D eigenvalue weighted by atomic mass is 10.1. The van der Waals surface area contributed by atoms with Crippen molar-refractivity contribution in [2.75, 3.05) is 12.4 Å². The molecule has 1 amide bonds. The summed E-state index contributed by atoms with van der Waals surface area (Å²) in [7, 11) is 0. The highest BCUT2D eigenvalue weighted by Crippen LogP contribution is 2.41. The second kappa shape index (κ2) is 13.9. The summed E-state index contributed by atoms with van der Waals surface area (Å²) in [5, 5.41) is -2.66. The van der Waals surface area contributed by atoms with E-state index in [1.54, 1.807) is 44.2 Å². The van der Waals surface area contributed by atoms with Gasteiger partial charge in [-0.1, -0.05) is 65.1 Å². The highest BCUT2D eigenvalue weighted by Gasteiger charge is 2.52. The fourth-order valence-corrected chi connectivity index (χ4v) is 6.50. The highest BCUT2D eigenvalue weighted by atomic mass is 35.6. The van der Waals surface area contributed by atoms with Gasteiger partial charge in [0.2, 0.25) is 27.1 Å². The smallest absolute Gasteiger partial charge is 0.330 e. The quantitative estimate of drug-likeness (QED) is 0.0821. The Balaban J connectivity index is 2.13. The van der Waals surface area contributed by atoms with E-state index >= 15 is 0 Å². The molecule has 2 unspecified atom stereocenters. The maximum Gasteiger partial charge on any atom is 0.330 e. The van der Waals surface area contributed by atoms with E-state index in [0.29, 0.717) is 5.56 Å². The minimum absolute atomic E-state index is 0.0250. The SMILES string of the molecule is CC1(C)SCC(S)C(=O)N1C(C(=O)OCC(Cl)(Cl)Cl)[C@H](SCc1ccccc1)C(=O)Oc1c(F)c(F)cc(F)c1F. The van der Waals surface area contributed by atoms with Gasteiger partial charge in [-0.15, -0.1) is 23.5 Å². The van der Waals surface area contributed by atoms with Crippen molar-refractivity contribution in [3.8, 4) is 5.75 Å². The lowest BCUT2D eigenvalue weighted by molar-refractivity contribution is -0.160. The minimum atomic E-state index is -2.07. The Morgan fingerprint density at radius 1 is 1.12 bits per heavy atom. The number of amides is 1. The highest BCUT2D eigenvalue weighted by molar-refractivity contribution is 8.01. The van der Waals surface area contributed by atoms with Gasteiger partial charge in [-0.2, -0.15) is 21.4 Å². The van der Waals surface area contributed by atoms with Crippen LogP contribution in [0.3, 0.4) is 0 Å². The molecule has 0 spiro atoms. The van der Waals surface area contributed by atoms with Crippen LogP contribution in [-0.4, -0.2) is 60.3 Å². The van der Waals surface area contributed by atoms with Crippen LogP contribution in [0, 0.1) is 23.3 Å². The van der Waals surface area contributed by atoms with Crippen molar-refractivity contribution in [1.29, 1.82) is 0 Å². The van der Waals surface area contributed by atoms with Crippen molar-refractivity contribution >= 4 is 88.8 Å². The molecular weight excluding hydrogens is 673 g/mol. The molecule has 0 N–H and O–H groups in total. The van der Waals surface area contributed by atoms with Crippen molar-refractivity contribution in [3.05, 3.63) is 65.2 Å². The number of alkyl halides is 3. The van der Waals surface area contributed by atoms with E-state index < -0.39 is 78.7 Å². The second-order valence-corrected chi connectivity index (χ2v) is 15.0. The van der Waals surface area contributed by atoms with Gasteiger partial charge < -0.3 is 14.4 Å². The lowest BCUT2D eigenvalue weighted by Gasteiger charge is -2.48. The average molecular weight is 695 g/mol. The van der Waals surface area contributed by atoms with Crippen molar-refractivity contribution in [1.82, 2.24) is 4.90 Å². The van der Waals surface area contributed by atoms with Crippen LogP contribution in [-0.2, 0) is 24.9 Å². The first-order chi connectivity index (χ1) is 19.0. The lowest BCUT2D eigenvalue weighted by Crippen LogP contribution is -2.64. The molecule has 16 heteroatoms. The van der Waals surface area contributed by atoms with Crippen LogP contribution in [0.2, 0.25) is 0 Å². The first-order valence-electron chi connectivity index (χ1n) is 11.6. The molecule has 1 aliphatic rings. The molecule has 2 aromatic carbocycles. The number of benzene rings is 2. The summed E-state index contributed by atoms with van der Waals surface area (Å²) < 4.78 is 64.6. The number of rotatable bonds is 9. The number of hydrogen-bond acceptors (Lipinski definition) is 8. The molecule has 3 atom stereocenters. The fraction of sp³-hybridized carbons (Fsp3) is 0.400. The van der Waals surface area contributed by atoms with E-state index in [1.807, 2.05) is 0 Å². The number of ether oxygens (including phenoxy) is 2. The van der Waals surface area contributed by atoms with Crippen molar-refractivity contribution in [3.63, 3.8) is 0 Å². The molecule has 41 heavy (non-hydrogen) atoms. The second-order valence-electron chi connectivity index (χ2n) is 9.09. The molecule has 0 aliphatic carbocycles. The van der Waals surface area contributed by atoms with E-state index in [-0.39, 0.29) is 17.6 Å². The Morgan fingerprint density at radius 2 is 1.71 bits per heavy atom. The van der Waals surface area contributed by atoms with Gasteiger partial charge in [0, 0.05) is 17.6 Å². The van der Waals surface area contributed by atoms with Gasteiger partial charge in [-0.25, -0.2) is 13.6 Å². The Labute approximate surface area is 262 Å².